The monoisotopic (exact) mass is 191 g/mol. The van der Waals surface area contributed by atoms with Crippen molar-refractivity contribution in [1.29, 1.82) is 5.26 Å². The first-order chi connectivity index (χ1) is 6.22. The van der Waals surface area contributed by atoms with Crippen LogP contribution in [0.15, 0.2) is 18.2 Å². The van der Waals surface area contributed by atoms with E-state index < -0.39 is 0 Å². The maximum atomic E-state index is 12.8. The van der Waals surface area contributed by atoms with Crippen LogP contribution < -0.4 is 0 Å². The molecule has 0 aliphatic carbocycles. The topological polar surface area (TPSA) is 23.8 Å². The van der Waals surface area contributed by atoms with Crippen LogP contribution in [0, 0.1) is 24.1 Å². The summed E-state index contributed by atoms with van der Waals surface area (Å²) < 4.78 is 13.6. The Hall–Kier alpha value is -1.40. The van der Waals surface area contributed by atoms with E-state index >= 15 is 0 Å². The Morgan fingerprint density at radius 3 is 2.92 bits per heavy atom. The van der Waals surface area contributed by atoms with E-state index in [2.05, 4.69) is 6.07 Å². The molecular weight excluding hydrogens is 185 g/mol. The van der Waals surface area contributed by atoms with Crippen LogP contribution in [0.1, 0.15) is 10.4 Å². The number of thiophene rings is 1. The van der Waals surface area contributed by atoms with Gasteiger partial charge in [0.15, 0.2) is 0 Å². The SMILES string of the molecule is Cc1sc2cc(F)ccc2c1C#N. The van der Waals surface area contributed by atoms with Crippen molar-refractivity contribution in [3.63, 3.8) is 0 Å². The lowest BCUT2D eigenvalue weighted by Crippen LogP contribution is -1.74. The molecule has 1 heterocycles. The summed E-state index contributed by atoms with van der Waals surface area (Å²) in [6.07, 6.45) is 0. The molecule has 0 saturated heterocycles. The van der Waals surface area contributed by atoms with Crippen molar-refractivity contribution in [1.82, 2.24) is 0 Å². The average molecular weight is 191 g/mol. The third-order valence-electron chi connectivity index (χ3n) is 1.94. The Balaban J connectivity index is 2.88. The second-order valence-electron chi connectivity index (χ2n) is 2.79. The number of rotatable bonds is 0. The largest absolute Gasteiger partial charge is 0.207 e. The molecule has 0 radical (unpaired) electrons. The Bertz CT molecular complexity index is 507. The number of hydrogen-bond acceptors (Lipinski definition) is 2. The van der Waals surface area contributed by atoms with E-state index in [-0.39, 0.29) is 5.82 Å². The molecule has 0 amide bonds. The smallest absolute Gasteiger partial charge is 0.124 e. The van der Waals surface area contributed by atoms with Gasteiger partial charge >= 0.3 is 0 Å². The second-order valence-corrected chi connectivity index (χ2v) is 4.04. The van der Waals surface area contributed by atoms with Crippen LogP contribution in [-0.2, 0) is 0 Å². The highest BCUT2D eigenvalue weighted by molar-refractivity contribution is 7.19. The minimum absolute atomic E-state index is 0.252. The van der Waals surface area contributed by atoms with E-state index in [0.29, 0.717) is 5.56 Å². The fraction of sp³-hybridized carbons (Fsp3) is 0.100. The lowest BCUT2D eigenvalue weighted by atomic mass is 10.1. The number of hydrogen-bond donors (Lipinski definition) is 0. The third-order valence-corrected chi connectivity index (χ3v) is 3.01. The summed E-state index contributed by atoms with van der Waals surface area (Å²) in [6, 6.07) is 6.64. The average Bonchev–Trinajstić information content (AvgIpc) is 2.39. The van der Waals surface area contributed by atoms with E-state index in [1.54, 1.807) is 6.07 Å². The summed E-state index contributed by atoms with van der Waals surface area (Å²) in [5, 5.41) is 9.69. The lowest BCUT2D eigenvalue weighted by molar-refractivity contribution is 0.630. The van der Waals surface area contributed by atoms with E-state index in [0.717, 1.165) is 15.0 Å². The van der Waals surface area contributed by atoms with Gasteiger partial charge in [0.05, 0.1) is 5.56 Å². The van der Waals surface area contributed by atoms with Crippen molar-refractivity contribution in [3.8, 4) is 6.07 Å². The van der Waals surface area contributed by atoms with Crippen LogP contribution in [0.4, 0.5) is 4.39 Å². The third kappa shape index (κ3) is 1.20. The minimum atomic E-state index is -0.252. The standard InChI is InChI=1S/C10H6FNS/c1-6-9(5-12)8-3-2-7(11)4-10(8)13-6/h2-4H,1H3. The molecule has 2 rings (SSSR count). The first kappa shape index (κ1) is 8.21. The number of aryl methyl sites for hydroxylation is 1. The Morgan fingerprint density at radius 2 is 2.23 bits per heavy atom. The van der Waals surface area contributed by atoms with Gasteiger partial charge < -0.3 is 0 Å². The van der Waals surface area contributed by atoms with Gasteiger partial charge in [0.1, 0.15) is 11.9 Å². The minimum Gasteiger partial charge on any atom is -0.207 e. The second kappa shape index (κ2) is 2.82. The molecule has 1 aromatic carbocycles. The van der Waals surface area contributed by atoms with E-state index in [9.17, 15) is 4.39 Å². The summed E-state index contributed by atoms with van der Waals surface area (Å²) in [5.74, 6) is -0.252. The number of fused-ring (bicyclic) bond motifs is 1. The summed E-state index contributed by atoms with van der Waals surface area (Å²) in [5.41, 5.74) is 0.667. The van der Waals surface area contributed by atoms with Crippen molar-refractivity contribution in [2.24, 2.45) is 0 Å². The molecule has 0 spiro atoms. The fourth-order valence-electron chi connectivity index (χ4n) is 1.33. The first-order valence-corrected chi connectivity index (χ1v) is 4.63. The van der Waals surface area contributed by atoms with Crippen LogP contribution >= 0.6 is 11.3 Å². The van der Waals surface area contributed by atoms with Crippen LogP contribution in [0.25, 0.3) is 10.1 Å². The summed E-state index contributed by atoms with van der Waals surface area (Å²) >= 11 is 1.45. The van der Waals surface area contributed by atoms with Gasteiger partial charge in [0.2, 0.25) is 0 Å². The van der Waals surface area contributed by atoms with Crippen molar-refractivity contribution in [3.05, 3.63) is 34.5 Å². The predicted octanol–water partition coefficient (Wildman–Crippen LogP) is 3.22. The zero-order valence-corrected chi connectivity index (χ0v) is 7.78. The molecule has 2 aromatic rings. The van der Waals surface area contributed by atoms with Gasteiger partial charge in [0, 0.05) is 15.0 Å². The highest BCUT2D eigenvalue weighted by Crippen LogP contribution is 2.30. The lowest BCUT2D eigenvalue weighted by Gasteiger charge is -1.89. The number of nitriles is 1. The molecule has 0 atom stereocenters. The molecule has 0 aliphatic rings. The van der Waals surface area contributed by atoms with Crippen molar-refractivity contribution in [2.45, 2.75) is 6.92 Å². The van der Waals surface area contributed by atoms with Crippen LogP contribution in [0.2, 0.25) is 0 Å². The maximum absolute atomic E-state index is 12.8. The first-order valence-electron chi connectivity index (χ1n) is 3.81. The van der Waals surface area contributed by atoms with Gasteiger partial charge in [-0.25, -0.2) is 4.39 Å². The fourth-order valence-corrected chi connectivity index (χ4v) is 2.37. The Kier molecular flexibility index (Phi) is 1.78. The summed E-state index contributed by atoms with van der Waals surface area (Å²) in [4.78, 5) is 0.947. The molecule has 1 nitrogen and oxygen atoms in total. The molecule has 13 heavy (non-hydrogen) atoms. The summed E-state index contributed by atoms with van der Waals surface area (Å²) in [6.45, 7) is 1.88. The van der Waals surface area contributed by atoms with Crippen LogP contribution in [0.3, 0.4) is 0 Å². The van der Waals surface area contributed by atoms with E-state index in [1.807, 2.05) is 6.92 Å². The highest BCUT2D eigenvalue weighted by atomic mass is 32.1. The molecule has 0 aliphatic heterocycles. The molecule has 0 saturated carbocycles. The number of nitrogens with zero attached hydrogens (tertiary/aromatic N) is 1. The molecule has 3 heteroatoms. The van der Waals surface area contributed by atoms with Crippen molar-refractivity contribution in [2.75, 3.05) is 0 Å². The maximum Gasteiger partial charge on any atom is 0.124 e. The van der Waals surface area contributed by atoms with Gasteiger partial charge in [-0.05, 0) is 25.1 Å². The number of benzene rings is 1. The van der Waals surface area contributed by atoms with Gasteiger partial charge in [-0.15, -0.1) is 11.3 Å². The quantitative estimate of drug-likeness (QED) is 0.627. The zero-order chi connectivity index (χ0) is 9.42. The predicted molar refractivity (Wildman–Crippen MR) is 51.2 cm³/mol. The Labute approximate surface area is 79.0 Å². The Morgan fingerprint density at radius 1 is 1.46 bits per heavy atom. The molecular formula is C10H6FNS. The molecule has 0 fully saturated rings. The summed E-state index contributed by atoms with van der Waals surface area (Å²) in [7, 11) is 0. The van der Waals surface area contributed by atoms with Gasteiger partial charge in [-0.1, -0.05) is 0 Å². The molecule has 0 N–H and O–H groups in total. The molecule has 0 unspecified atom stereocenters. The molecule has 1 aromatic heterocycles. The van der Waals surface area contributed by atoms with Crippen molar-refractivity contribution < 1.29 is 4.39 Å². The van der Waals surface area contributed by atoms with Crippen LogP contribution in [0.5, 0.6) is 0 Å². The van der Waals surface area contributed by atoms with Gasteiger partial charge in [-0.3, -0.25) is 0 Å². The van der Waals surface area contributed by atoms with Gasteiger partial charge in [-0.2, -0.15) is 5.26 Å². The normalized spacial score (nSPS) is 10.2. The zero-order valence-electron chi connectivity index (χ0n) is 6.97. The number of halogens is 1. The van der Waals surface area contributed by atoms with E-state index in [1.165, 1.54) is 23.5 Å². The van der Waals surface area contributed by atoms with Gasteiger partial charge in [0.25, 0.3) is 0 Å². The van der Waals surface area contributed by atoms with Crippen LogP contribution in [-0.4, -0.2) is 0 Å². The van der Waals surface area contributed by atoms with E-state index in [4.69, 9.17) is 5.26 Å². The molecule has 0 bridgehead atoms. The van der Waals surface area contributed by atoms with Crippen molar-refractivity contribution >= 4 is 21.4 Å². The highest BCUT2D eigenvalue weighted by Gasteiger charge is 2.08. The molecule has 64 valence electrons.